The van der Waals surface area contributed by atoms with Gasteiger partial charge in [0.15, 0.2) is 0 Å². The summed E-state index contributed by atoms with van der Waals surface area (Å²) in [4.78, 5) is 23.0. The number of hydrogen-bond acceptors (Lipinski definition) is 6. The second-order valence-electron chi connectivity index (χ2n) is 3.88. The highest BCUT2D eigenvalue weighted by atomic mass is 32.1. The van der Waals surface area contributed by atoms with Crippen LogP contribution in [0.2, 0.25) is 0 Å². The zero-order valence-corrected chi connectivity index (χ0v) is 12.2. The summed E-state index contributed by atoms with van der Waals surface area (Å²) >= 11 is 8.01. The van der Waals surface area contributed by atoms with Crippen molar-refractivity contribution in [3.05, 3.63) is 0 Å². The Balaban J connectivity index is 4.25. The van der Waals surface area contributed by atoms with Crippen LogP contribution in [-0.4, -0.2) is 29.7 Å². The van der Waals surface area contributed by atoms with Gasteiger partial charge in [0, 0.05) is 17.9 Å². The number of carbonyl (C=O) groups excluding carboxylic acids is 2. The average molecular weight is 280 g/mol. The Labute approximate surface area is 113 Å². The first-order chi connectivity index (χ1) is 7.96. The molecule has 2 unspecified atom stereocenters. The van der Waals surface area contributed by atoms with E-state index in [1.54, 1.807) is 20.8 Å². The minimum Gasteiger partial charge on any atom is -0.425 e. The van der Waals surface area contributed by atoms with Crippen molar-refractivity contribution in [3.8, 4) is 0 Å². The maximum Gasteiger partial charge on any atom is 0.312 e. The molecule has 100 valence electrons. The van der Waals surface area contributed by atoms with Crippen molar-refractivity contribution in [2.75, 3.05) is 11.5 Å². The molecule has 0 amide bonds. The van der Waals surface area contributed by atoms with Crippen molar-refractivity contribution in [1.82, 2.24) is 0 Å². The van der Waals surface area contributed by atoms with E-state index in [0.29, 0.717) is 17.9 Å². The average Bonchev–Trinajstić information content (AvgIpc) is 2.35. The first kappa shape index (κ1) is 16.6. The summed E-state index contributed by atoms with van der Waals surface area (Å²) in [6.07, 6.45) is -0.393. The molecule has 0 aliphatic heterocycles. The highest BCUT2D eigenvalue weighted by Crippen LogP contribution is 2.10. The van der Waals surface area contributed by atoms with Gasteiger partial charge in [0.25, 0.3) is 0 Å². The van der Waals surface area contributed by atoms with Gasteiger partial charge in [-0.3, -0.25) is 9.59 Å². The van der Waals surface area contributed by atoms with Gasteiger partial charge < -0.3 is 9.47 Å². The first-order valence-corrected chi connectivity index (χ1v) is 6.85. The number of carbonyl (C=O) groups is 2. The molecule has 0 bridgehead atoms. The lowest BCUT2D eigenvalue weighted by atomic mass is 10.2. The van der Waals surface area contributed by atoms with Gasteiger partial charge in [0.1, 0.15) is 0 Å². The molecule has 17 heavy (non-hydrogen) atoms. The fraction of sp³-hybridized carbons (Fsp3) is 0.818. The van der Waals surface area contributed by atoms with Crippen LogP contribution in [0.15, 0.2) is 0 Å². The second kappa shape index (κ2) is 8.69. The third-order valence-corrected chi connectivity index (χ3v) is 3.28. The smallest absolute Gasteiger partial charge is 0.312 e. The van der Waals surface area contributed by atoms with Crippen molar-refractivity contribution in [2.45, 2.75) is 33.5 Å². The minimum atomic E-state index is -0.820. The Morgan fingerprint density at radius 3 is 1.59 bits per heavy atom. The molecule has 0 rings (SSSR count). The standard InChI is InChI=1S/C11H20O4S2/c1-4-9(14-10(12)7(2)5-16)15-11(13)8(3)6-17/h7-9,16-17H,4-6H2,1-3H3. The van der Waals surface area contributed by atoms with Gasteiger partial charge in [-0.05, 0) is 0 Å². The van der Waals surface area contributed by atoms with Crippen molar-refractivity contribution in [1.29, 1.82) is 0 Å². The fourth-order valence-corrected chi connectivity index (χ4v) is 1.13. The molecule has 0 aliphatic rings. The third-order valence-electron chi connectivity index (χ3n) is 2.18. The summed E-state index contributed by atoms with van der Waals surface area (Å²) in [5.74, 6) is -0.634. The van der Waals surface area contributed by atoms with Gasteiger partial charge >= 0.3 is 11.9 Å². The van der Waals surface area contributed by atoms with E-state index in [0.717, 1.165) is 0 Å². The molecule has 4 nitrogen and oxygen atoms in total. The van der Waals surface area contributed by atoms with Gasteiger partial charge in [-0.15, -0.1) is 0 Å². The van der Waals surface area contributed by atoms with Crippen LogP contribution in [0.25, 0.3) is 0 Å². The molecule has 0 spiro atoms. The maximum atomic E-state index is 11.5. The van der Waals surface area contributed by atoms with Gasteiger partial charge in [-0.1, -0.05) is 20.8 Å². The van der Waals surface area contributed by atoms with Gasteiger partial charge in [0.2, 0.25) is 6.29 Å². The molecule has 0 radical (unpaired) electrons. The number of thiol groups is 2. The molecule has 0 saturated heterocycles. The molecule has 6 heteroatoms. The maximum absolute atomic E-state index is 11.5. The molecule has 0 aromatic rings. The molecular formula is C11H20O4S2. The molecule has 0 aliphatic carbocycles. The van der Waals surface area contributed by atoms with Crippen LogP contribution in [-0.2, 0) is 19.1 Å². The van der Waals surface area contributed by atoms with Crippen LogP contribution < -0.4 is 0 Å². The van der Waals surface area contributed by atoms with E-state index in [1.807, 2.05) is 0 Å². The zero-order chi connectivity index (χ0) is 13.4. The van der Waals surface area contributed by atoms with Gasteiger partial charge in [-0.25, -0.2) is 0 Å². The lowest BCUT2D eigenvalue weighted by Gasteiger charge is -2.20. The Morgan fingerprint density at radius 1 is 1.00 bits per heavy atom. The zero-order valence-electron chi connectivity index (χ0n) is 10.4. The highest BCUT2D eigenvalue weighted by molar-refractivity contribution is 7.80. The number of hydrogen-bond donors (Lipinski definition) is 2. The van der Waals surface area contributed by atoms with Crippen molar-refractivity contribution in [2.24, 2.45) is 11.8 Å². The first-order valence-electron chi connectivity index (χ1n) is 5.58. The summed E-state index contributed by atoms with van der Waals surface area (Å²) in [7, 11) is 0. The molecule has 0 heterocycles. The Hall–Kier alpha value is -0.360. The molecule has 2 atom stereocenters. The topological polar surface area (TPSA) is 52.6 Å². The number of esters is 2. The van der Waals surface area contributed by atoms with Gasteiger partial charge in [0.05, 0.1) is 11.8 Å². The predicted molar refractivity (Wildman–Crippen MR) is 72.3 cm³/mol. The second-order valence-corrected chi connectivity index (χ2v) is 4.61. The molecule has 0 saturated carbocycles. The van der Waals surface area contributed by atoms with E-state index in [9.17, 15) is 9.59 Å². The van der Waals surface area contributed by atoms with Crippen molar-refractivity contribution < 1.29 is 19.1 Å². The van der Waals surface area contributed by atoms with Crippen molar-refractivity contribution in [3.63, 3.8) is 0 Å². The van der Waals surface area contributed by atoms with Crippen LogP contribution >= 0.6 is 25.3 Å². The molecule has 0 aromatic carbocycles. The summed E-state index contributed by atoms with van der Waals surface area (Å²) in [5.41, 5.74) is 0. The normalized spacial score (nSPS) is 15.8. The van der Waals surface area contributed by atoms with Crippen LogP contribution in [0, 0.1) is 11.8 Å². The van der Waals surface area contributed by atoms with E-state index in [1.165, 1.54) is 0 Å². The van der Waals surface area contributed by atoms with Gasteiger partial charge in [-0.2, -0.15) is 25.3 Å². The summed E-state index contributed by atoms with van der Waals surface area (Å²) in [5, 5.41) is 0. The monoisotopic (exact) mass is 280 g/mol. The van der Waals surface area contributed by atoms with Crippen LogP contribution in [0.3, 0.4) is 0 Å². The Morgan fingerprint density at radius 2 is 1.35 bits per heavy atom. The highest BCUT2D eigenvalue weighted by Gasteiger charge is 2.22. The van der Waals surface area contributed by atoms with Crippen LogP contribution in [0.4, 0.5) is 0 Å². The Bertz CT molecular complexity index is 234. The quantitative estimate of drug-likeness (QED) is 0.425. The third kappa shape index (κ3) is 6.21. The molecule has 0 N–H and O–H groups in total. The summed E-state index contributed by atoms with van der Waals surface area (Å²) in [6, 6.07) is 0. The fourth-order valence-electron chi connectivity index (χ4n) is 0.831. The summed E-state index contributed by atoms with van der Waals surface area (Å²) in [6.45, 7) is 5.20. The van der Waals surface area contributed by atoms with Crippen LogP contribution in [0.1, 0.15) is 27.2 Å². The van der Waals surface area contributed by atoms with E-state index >= 15 is 0 Å². The summed E-state index contributed by atoms with van der Waals surface area (Å²) < 4.78 is 10.1. The van der Waals surface area contributed by atoms with E-state index in [2.05, 4.69) is 25.3 Å². The lowest BCUT2D eigenvalue weighted by molar-refractivity contribution is -0.192. The number of ether oxygens (including phenoxy) is 2. The van der Waals surface area contributed by atoms with Crippen molar-refractivity contribution >= 4 is 37.2 Å². The Kier molecular flexibility index (Phi) is 8.51. The largest absolute Gasteiger partial charge is 0.425 e. The van der Waals surface area contributed by atoms with Crippen LogP contribution in [0.5, 0.6) is 0 Å². The lowest BCUT2D eigenvalue weighted by Crippen LogP contribution is -2.29. The van der Waals surface area contributed by atoms with E-state index in [-0.39, 0.29) is 11.8 Å². The SMILES string of the molecule is CCC(OC(=O)C(C)CS)OC(=O)C(C)CS. The molecule has 0 aromatic heterocycles. The number of rotatable bonds is 7. The van der Waals surface area contributed by atoms with E-state index in [4.69, 9.17) is 9.47 Å². The van der Waals surface area contributed by atoms with E-state index < -0.39 is 18.2 Å². The minimum absolute atomic E-state index is 0.312. The predicted octanol–water partition coefficient (Wildman–Crippen LogP) is 1.94. The molecule has 0 fully saturated rings. The molecular weight excluding hydrogens is 260 g/mol.